The number of ether oxygens (including phenoxy) is 3. The summed E-state index contributed by atoms with van der Waals surface area (Å²) >= 11 is 0. The Bertz CT molecular complexity index is 334. The molecule has 0 spiro atoms. The van der Waals surface area contributed by atoms with Crippen molar-refractivity contribution in [1.82, 2.24) is 0 Å². The molecule has 0 aliphatic heterocycles. The van der Waals surface area contributed by atoms with Gasteiger partial charge in [-0.3, -0.25) is 0 Å². The molecule has 1 aromatic rings. The van der Waals surface area contributed by atoms with Gasteiger partial charge in [-0.2, -0.15) is 0 Å². The van der Waals surface area contributed by atoms with Crippen molar-refractivity contribution in [2.45, 2.75) is 19.4 Å². The van der Waals surface area contributed by atoms with Crippen LogP contribution in [0, 0.1) is 0 Å². The summed E-state index contributed by atoms with van der Waals surface area (Å²) in [5.41, 5.74) is 5.49. The Labute approximate surface area is 103 Å². The first-order valence-corrected chi connectivity index (χ1v) is 5.65. The summed E-state index contributed by atoms with van der Waals surface area (Å²) in [5, 5.41) is 0. The van der Waals surface area contributed by atoms with Crippen molar-refractivity contribution in [2.75, 3.05) is 26.9 Å². The molecule has 2 N–H and O–H groups in total. The Morgan fingerprint density at radius 3 is 2.35 bits per heavy atom. The van der Waals surface area contributed by atoms with E-state index in [0.717, 1.165) is 11.5 Å². The van der Waals surface area contributed by atoms with Crippen LogP contribution in [0.3, 0.4) is 0 Å². The third-order valence-electron chi connectivity index (χ3n) is 2.03. The number of hydrogen-bond acceptors (Lipinski definition) is 4. The van der Waals surface area contributed by atoms with Crippen LogP contribution in [-0.2, 0) is 4.74 Å². The molecule has 0 radical (unpaired) electrons. The first kappa shape index (κ1) is 13.8. The molecule has 17 heavy (non-hydrogen) atoms. The van der Waals surface area contributed by atoms with Gasteiger partial charge in [0.1, 0.15) is 6.61 Å². The van der Waals surface area contributed by atoms with E-state index in [-0.39, 0.29) is 5.54 Å². The van der Waals surface area contributed by atoms with Crippen molar-refractivity contribution in [3.05, 3.63) is 24.3 Å². The van der Waals surface area contributed by atoms with Crippen LogP contribution in [0.2, 0.25) is 0 Å². The lowest BCUT2D eigenvalue weighted by Gasteiger charge is -2.18. The Hall–Kier alpha value is -1.26. The summed E-state index contributed by atoms with van der Waals surface area (Å²) in [6.07, 6.45) is 0. The standard InChI is InChI=1S/C13H21NO3/c1-13(2,14)10-16-8-9-17-12-7-5-4-6-11(12)15-3/h4-7H,8-10,14H2,1-3H3. The van der Waals surface area contributed by atoms with Gasteiger partial charge in [-0.05, 0) is 26.0 Å². The summed E-state index contributed by atoms with van der Waals surface area (Å²) in [6, 6.07) is 7.53. The van der Waals surface area contributed by atoms with Crippen LogP contribution in [-0.4, -0.2) is 32.5 Å². The van der Waals surface area contributed by atoms with Gasteiger partial charge >= 0.3 is 0 Å². The minimum Gasteiger partial charge on any atom is -0.493 e. The fourth-order valence-corrected chi connectivity index (χ4v) is 1.28. The van der Waals surface area contributed by atoms with E-state index in [9.17, 15) is 0 Å². The van der Waals surface area contributed by atoms with Crippen LogP contribution in [0.25, 0.3) is 0 Å². The first-order valence-electron chi connectivity index (χ1n) is 5.65. The van der Waals surface area contributed by atoms with Crippen molar-refractivity contribution < 1.29 is 14.2 Å². The van der Waals surface area contributed by atoms with Gasteiger partial charge in [0.15, 0.2) is 11.5 Å². The summed E-state index contributed by atoms with van der Waals surface area (Å²) in [6.45, 7) is 5.36. The second-order valence-corrected chi connectivity index (χ2v) is 4.54. The number of nitrogens with two attached hydrogens (primary N) is 1. The average molecular weight is 239 g/mol. The molecule has 0 fully saturated rings. The van der Waals surface area contributed by atoms with Crippen LogP contribution < -0.4 is 15.2 Å². The minimum atomic E-state index is -0.301. The van der Waals surface area contributed by atoms with Gasteiger partial charge in [0.2, 0.25) is 0 Å². The predicted molar refractivity (Wildman–Crippen MR) is 67.6 cm³/mol. The smallest absolute Gasteiger partial charge is 0.161 e. The molecule has 0 atom stereocenters. The molecular formula is C13H21NO3. The SMILES string of the molecule is COc1ccccc1OCCOCC(C)(C)N. The van der Waals surface area contributed by atoms with Crippen molar-refractivity contribution in [3.8, 4) is 11.5 Å². The topological polar surface area (TPSA) is 53.7 Å². The third-order valence-corrected chi connectivity index (χ3v) is 2.03. The maximum absolute atomic E-state index is 5.79. The Morgan fingerprint density at radius 2 is 1.76 bits per heavy atom. The van der Waals surface area contributed by atoms with E-state index in [1.807, 2.05) is 38.1 Å². The molecule has 1 rings (SSSR count). The zero-order valence-corrected chi connectivity index (χ0v) is 10.7. The molecule has 96 valence electrons. The van der Waals surface area contributed by atoms with E-state index in [2.05, 4.69) is 0 Å². The Morgan fingerprint density at radius 1 is 1.12 bits per heavy atom. The minimum absolute atomic E-state index is 0.301. The Kier molecular flexibility index (Phi) is 5.25. The van der Waals surface area contributed by atoms with Gasteiger partial charge in [0.05, 0.1) is 20.3 Å². The van der Waals surface area contributed by atoms with Crippen molar-refractivity contribution in [3.63, 3.8) is 0 Å². The molecule has 0 saturated carbocycles. The monoisotopic (exact) mass is 239 g/mol. The summed E-state index contributed by atoms with van der Waals surface area (Å²) in [7, 11) is 1.62. The molecule has 0 heterocycles. The van der Waals surface area contributed by atoms with Gasteiger partial charge in [0.25, 0.3) is 0 Å². The zero-order valence-electron chi connectivity index (χ0n) is 10.7. The molecule has 0 aliphatic carbocycles. The number of para-hydroxylation sites is 2. The van der Waals surface area contributed by atoms with E-state index >= 15 is 0 Å². The van der Waals surface area contributed by atoms with Gasteiger partial charge in [0, 0.05) is 5.54 Å². The fraction of sp³-hybridized carbons (Fsp3) is 0.538. The molecule has 4 heteroatoms. The van der Waals surface area contributed by atoms with Crippen molar-refractivity contribution in [2.24, 2.45) is 5.73 Å². The van der Waals surface area contributed by atoms with Crippen molar-refractivity contribution in [1.29, 1.82) is 0 Å². The van der Waals surface area contributed by atoms with Crippen LogP contribution in [0.1, 0.15) is 13.8 Å². The normalized spacial score (nSPS) is 11.3. The zero-order chi connectivity index (χ0) is 12.7. The highest BCUT2D eigenvalue weighted by Gasteiger charge is 2.10. The molecular weight excluding hydrogens is 218 g/mol. The van der Waals surface area contributed by atoms with Crippen LogP contribution in [0.15, 0.2) is 24.3 Å². The molecule has 0 unspecified atom stereocenters. The highest BCUT2D eigenvalue weighted by molar-refractivity contribution is 5.39. The highest BCUT2D eigenvalue weighted by Crippen LogP contribution is 2.25. The maximum atomic E-state index is 5.79. The van der Waals surface area contributed by atoms with E-state index < -0.39 is 0 Å². The molecule has 0 amide bonds. The van der Waals surface area contributed by atoms with Crippen LogP contribution in [0.4, 0.5) is 0 Å². The summed E-state index contributed by atoms with van der Waals surface area (Å²) in [5.74, 6) is 1.46. The second-order valence-electron chi connectivity index (χ2n) is 4.54. The Balaban J connectivity index is 2.27. The molecule has 4 nitrogen and oxygen atoms in total. The van der Waals surface area contributed by atoms with Gasteiger partial charge in [-0.15, -0.1) is 0 Å². The maximum Gasteiger partial charge on any atom is 0.161 e. The quantitative estimate of drug-likeness (QED) is 0.737. The van der Waals surface area contributed by atoms with Gasteiger partial charge < -0.3 is 19.9 Å². The van der Waals surface area contributed by atoms with Gasteiger partial charge in [-0.25, -0.2) is 0 Å². The highest BCUT2D eigenvalue weighted by atomic mass is 16.5. The molecule has 0 bridgehead atoms. The molecule has 0 aromatic heterocycles. The lowest BCUT2D eigenvalue weighted by Crippen LogP contribution is -2.37. The number of methoxy groups -OCH3 is 1. The van der Waals surface area contributed by atoms with E-state index in [0.29, 0.717) is 19.8 Å². The largest absolute Gasteiger partial charge is 0.493 e. The third kappa shape index (κ3) is 5.56. The summed E-state index contributed by atoms with van der Waals surface area (Å²) in [4.78, 5) is 0. The van der Waals surface area contributed by atoms with E-state index in [1.54, 1.807) is 7.11 Å². The average Bonchev–Trinajstić information content (AvgIpc) is 2.27. The number of rotatable bonds is 7. The second kappa shape index (κ2) is 6.47. The van der Waals surface area contributed by atoms with E-state index in [1.165, 1.54) is 0 Å². The predicted octanol–water partition coefficient (Wildman–Crippen LogP) is 1.83. The van der Waals surface area contributed by atoms with Gasteiger partial charge in [-0.1, -0.05) is 12.1 Å². The van der Waals surface area contributed by atoms with Crippen molar-refractivity contribution >= 4 is 0 Å². The number of hydrogen-bond donors (Lipinski definition) is 1. The number of benzene rings is 1. The fourth-order valence-electron chi connectivity index (χ4n) is 1.28. The lowest BCUT2D eigenvalue weighted by atomic mass is 10.1. The first-order chi connectivity index (χ1) is 8.03. The van der Waals surface area contributed by atoms with Crippen LogP contribution in [0.5, 0.6) is 11.5 Å². The molecule has 0 aliphatic rings. The molecule has 1 aromatic carbocycles. The molecule has 0 saturated heterocycles. The van der Waals surface area contributed by atoms with Crippen LogP contribution >= 0.6 is 0 Å². The van der Waals surface area contributed by atoms with E-state index in [4.69, 9.17) is 19.9 Å². The lowest BCUT2D eigenvalue weighted by molar-refractivity contribution is 0.0717. The summed E-state index contributed by atoms with van der Waals surface area (Å²) < 4.78 is 16.1.